The number of primary sulfonamides is 1. The van der Waals surface area contributed by atoms with Crippen LogP contribution in [0.3, 0.4) is 0 Å². The molecule has 2 heterocycles. The summed E-state index contributed by atoms with van der Waals surface area (Å²) >= 11 is 0. The van der Waals surface area contributed by atoms with Gasteiger partial charge in [-0.1, -0.05) is 12.1 Å². The summed E-state index contributed by atoms with van der Waals surface area (Å²) in [6, 6.07) is 8.30. The molecule has 0 fully saturated rings. The van der Waals surface area contributed by atoms with Crippen LogP contribution >= 0.6 is 0 Å². The van der Waals surface area contributed by atoms with Crippen LogP contribution in [0, 0.1) is 0 Å². The minimum absolute atomic E-state index is 0.0721. The minimum Gasteiger partial charge on any atom is -0.493 e. The van der Waals surface area contributed by atoms with Gasteiger partial charge in [0.1, 0.15) is 11.5 Å². The van der Waals surface area contributed by atoms with Gasteiger partial charge in [0.2, 0.25) is 10.0 Å². The smallest absolute Gasteiger partial charge is 0.255 e. The van der Waals surface area contributed by atoms with Gasteiger partial charge < -0.3 is 14.8 Å². The lowest BCUT2D eigenvalue weighted by atomic mass is 9.99. The monoisotopic (exact) mass is 388 g/mol. The van der Waals surface area contributed by atoms with Gasteiger partial charge >= 0.3 is 0 Å². The van der Waals surface area contributed by atoms with E-state index in [9.17, 15) is 13.2 Å². The van der Waals surface area contributed by atoms with Crippen molar-refractivity contribution >= 4 is 15.9 Å². The van der Waals surface area contributed by atoms with Gasteiger partial charge in [0.25, 0.3) is 5.91 Å². The Morgan fingerprint density at radius 3 is 2.59 bits per heavy atom. The molecule has 2 aliphatic rings. The Labute approximate surface area is 157 Å². The number of carbonyl (C=O) groups is 1. The molecular formula is C19H20N2O5S. The van der Waals surface area contributed by atoms with E-state index in [2.05, 4.69) is 5.32 Å². The van der Waals surface area contributed by atoms with Crippen LogP contribution in [0.25, 0.3) is 0 Å². The van der Waals surface area contributed by atoms with Crippen molar-refractivity contribution in [1.82, 2.24) is 5.32 Å². The van der Waals surface area contributed by atoms with Crippen LogP contribution in [0.4, 0.5) is 0 Å². The standard InChI is InChI=1S/C19H20N2O5S/c20-27(23,24)14-3-1-12(2-4-14)5-8-21-19(22)17-15-7-10-25-16(15)11-13-6-9-26-18(13)17/h1-4,11H,5-10H2,(H,21,22)(H2,20,23,24). The first-order valence-corrected chi connectivity index (χ1v) is 10.3. The molecule has 27 heavy (non-hydrogen) atoms. The molecule has 2 aliphatic heterocycles. The van der Waals surface area contributed by atoms with E-state index >= 15 is 0 Å². The summed E-state index contributed by atoms with van der Waals surface area (Å²) < 4.78 is 33.9. The van der Waals surface area contributed by atoms with E-state index in [1.165, 1.54) is 12.1 Å². The van der Waals surface area contributed by atoms with Crippen molar-refractivity contribution < 1.29 is 22.7 Å². The topological polar surface area (TPSA) is 108 Å². The highest BCUT2D eigenvalue weighted by molar-refractivity contribution is 7.89. The molecule has 0 bridgehead atoms. The van der Waals surface area contributed by atoms with Gasteiger partial charge in [0.15, 0.2) is 0 Å². The van der Waals surface area contributed by atoms with Gasteiger partial charge in [-0.3, -0.25) is 4.79 Å². The second-order valence-electron chi connectivity index (χ2n) is 6.61. The largest absolute Gasteiger partial charge is 0.493 e. The van der Waals surface area contributed by atoms with E-state index in [0.29, 0.717) is 43.9 Å². The van der Waals surface area contributed by atoms with Gasteiger partial charge in [-0.25, -0.2) is 13.6 Å². The molecular weight excluding hydrogens is 368 g/mol. The fraction of sp³-hybridized carbons (Fsp3) is 0.316. The van der Waals surface area contributed by atoms with Crippen LogP contribution in [-0.2, 0) is 29.3 Å². The number of fused-ring (bicyclic) bond motifs is 2. The first-order valence-electron chi connectivity index (χ1n) is 8.78. The third-order valence-corrected chi connectivity index (χ3v) is 5.76. The maximum absolute atomic E-state index is 12.8. The lowest BCUT2D eigenvalue weighted by Crippen LogP contribution is -2.27. The van der Waals surface area contributed by atoms with Crippen LogP contribution < -0.4 is 19.9 Å². The first kappa shape index (κ1) is 17.8. The molecule has 0 atom stereocenters. The molecule has 0 unspecified atom stereocenters. The third-order valence-electron chi connectivity index (χ3n) is 4.83. The number of benzene rings is 2. The molecule has 0 radical (unpaired) electrons. The molecule has 1 amide bonds. The van der Waals surface area contributed by atoms with Crippen molar-refractivity contribution in [2.24, 2.45) is 5.14 Å². The Hall–Kier alpha value is -2.58. The number of nitrogens with two attached hydrogens (primary N) is 1. The van der Waals surface area contributed by atoms with Gasteiger partial charge in [-0.05, 0) is 30.2 Å². The van der Waals surface area contributed by atoms with Crippen molar-refractivity contribution in [3.63, 3.8) is 0 Å². The van der Waals surface area contributed by atoms with Crippen LogP contribution in [-0.4, -0.2) is 34.1 Å². The van der Waals surface area contributed by atoms with Crippen molar-refractivity contribution in [2.75, 3.05) is 19.8 Å². The maximum atomic E-state index is 12.8. The van der Waals surface area contributed by atoms with E-state index in [1.54, 1.807) is 12.1 Å². The highest BCUT2D eigenvalue weighted by Gasteiger charge is 2.30. The summed E-state index contributed by atoms with van der Waals surface area (Å²) in [5.41, 5.74) is 3.41. The predicted octanol–water partition coefficient (Wildman–Crippen LogP) is 1.18. The number of hydrogen-bond donors (Lipinski definition) is 2. The zero-order valence-electron chi connectivity index (χ0n) is 14.7. The average Bonchev–Trinajstić information content (AvgIpc) is 3.27. The van der Waals surface area contributed by atoms with Crippen molar-refractivity contribution in [3.8, 4) is 11.5 Å². The van der Waals surface area contributed by atoms with Crippen LogP contribution in [0.5, 0.6) is 11.5 Å². The zero-order valence-corrected chi connectivity index (χ0v) is 15.5. The highest BCUT2D eigenvalue weighted by Crippen LogP contribution is 2.40. The van der Waals surface area contributed by atoms with E-state index in [-0.39, 0.29) is 10.8 Å². The lowest BCUT2D eigenvalue weighted by Gasteiger charge is -2.13. The summed E-state index contributed by atoms with van der Waals surface area (Å²) in [4.78, 5) is 12.9. The van der Waals surface area contributed by atoms with Crippen molar-refractivity contribution in [1.29, 1.82) is 0 Å². The summed E-state index contributed by atoms with van der Waals surface area (Å²) in [7, 11) is -3.70. The van der Waals surface area contributed by atoms with Crippen molar-refractivity contribution in [3.05, 3.63) is 52.6 Å². The van der Waals surface area contributed by atoms with Crippen LogP contribution in [0.2, 0.25) is 0 Å². The second kappa shape index (κ2) is 6.86. The highest BCUT2D eigenvalue weighted by atomic mass is 32.2. The van der Waals surface area contributed by atoms with Gasteiger partial charge in [0, 0.05) is 30.5 Å². The maximum Gasteiger partial charge on any atom is 0.255 e. The summed E-state index contributed by atoms with van der Waals surface area (Å²) in [6.45, 7) is 1.58. The quantitative estimate of drug-likeness (QED) is 0.800. The Balaban J connectivity index is 1.45. The van der Waals surface area contributed by atoms with Crippen LogP contribution in [0.15, 0.2) is 35.2 Å². The predicted molar refractivity (Wildman–Crippen MR) is 98.7 cm³/mol. The number of ether oxygens (including phenoxy) is 2. The Morgan fingerprint density at radius 1 is 1.11 bits per heavy atom. The normalized spacial score (nSPS) is 14.9. The molecule has 0 spiro atoms. The molecule has 2 aromatic rings. The molecule has 0 aliphatic carbocycles. The Bertz CT molecular complexity index is 968. The van der Waals surface area contributed by atoms with E-state index in [4.69, 9.17) is 14.6 Å². The fourth-order valence-electron chi connectivity index (χ4n) is 3.48. The minimum atomic E-state index is -3.70. The molecule has 2 aromatic carbocycles. The Morgan fingerprint density at radius 2 is 1.85 bits per heavy atom. The van der Waals surface area contributed by atoms with Crippen LogP contribution in [0.1, 0.15) is 27.0 Å². The van der Waals surface area contributed by atoms with E-state index in [1.807, 2.05) is 6.07 Å². The summed E-state index contributed by atoms with van der Waals surface area (Å²) in [5, 5.41) is 8.03. The van der Waals surface area contributed by atoms with Gasteiger partial charge in [-0.15, -0.1) is 0 Å². The number of rotatable bonds is 5. The summed E-state index contributed by atoms with van der Waals surface area (Å²) in [5.74, 6) is 1.29. The van der Waals surface area contributed by atoms with E-state index in [0.717, 1.165) is 28.9 Å². The SMILES string of the molecule is NS(=O)(=O)c1ccc(CCNC(=O)c2c3c(cc4c2OCC4)OCC3)cc1. The number of amides is 1. The third kappa shape index (κ3) is 3.50. The fourth-order valence-corrected chi connectivity index (χ4v) is 4.00. The Kier molecular flexibility index (Phi) is 4.53. The van der Waals surface area contributed by atoms with Gasteiger partial charge in [-0.2, -0.15) is 0 Å². The number of sulfonamides is 1. The molecule has 8 heteroatoms. The molecule has 3 N–H and O–H groups in total. The second-order valence-corrected chi connectivity index (χ2v) is 8.17. The molecule has 4 rings (SSSR count). The molecule has 142 valence electrons. The molecule has 0 saturated heterocycles. The molecule has 0 aromatic heterocycles. The molecule has 7 nitrogen and oxygen atoms in total. The first-order chi connectivity index (χ1) is 12.9. The van der Waals surface area contributed by atoms with Gasteiger partial charge in [0.05, 0.1) is 23.7 Å². The van der Waals surface area contributed by atoms with Crippen molar-refractivity contribution in [2.45, 2.75) is 24.2 Å². The summed E-state index contributed by atoms with van der Waals surface area (Å²) in [6.07, 6.45) is 2.05. The number of hydrogen-bond acceptors (Lipinski definition) is 5. The zero-order chi connectivity index (χ0) is 19.0. The number of nitrogens with one attached hydrogen (secondary N) is 1. The average molecular weight is 388 g/mol. The van der Waals surface area contributed by atoms with E-state index < -0.39 is 10.0 Å². The lowest BCUT2D eigenvalue weighted by molar-refractivity contribution is 0.0950. The number of carbonyl (C=O) groups excluding carboxylic acids is 1. The molecule has 0 saturated carbocycles.